The number of nitrogens with zero attached hydrogens (tertiary/aromatic N) is 3. The molecule has 1 aliphatic rings. The number of hydrogen-bond acceptors (Lipinski definition) is 4. The zero-order valence-corrected chi connectivity index (χ0v) is 18.5. The van der Waals surface area contributed by atoms with E-state index in [2.05, 4.69) is 39.0 Å². The number of nitrogens with one attached hydrogen (secondary N) is 1. The van der Waals surface area contributed by atoms with Crippen LogP contribution in [0.4, 0.5) is 11.4 Å². The summed E-state index contributed by atoms with van der Waals surface area (Å²) in [7, 11) is 0. The van der Waals surface area contributed by atoms with Crippen molar-refractivity contribution in [3.05, 3.63) is 83.1 Å². The van der Waals surface area contributed by atoms with Gasteiger partial charge in [-0.25, -0.2) is 4.98 Å². The quantitative estimate of drug-likeness (QED) is 0.466. The molecule has 0 radical (unpaired) electrons. The van der Waals surface area contributed by atoms with Crippen LogP contribution >= 0.6 is 11.6 Å². The molecule has 7 heteroatoms. The Labute approximate surface area is 191 Å². The minimum atomic E-state index is -0.229. The van der Waals surface area contributed by atoms with Crippen molar-refractivity contribution >= 4 is 39.9 Å². The van der Waals surface area contributed by atoms with Crippen molar-refractivity contribution < 1.29 is 9.53 Å². The maximum absolute atomic E-state index is 12.4. The maximum Gasteiger partial charge on any atom is 0.262 e. The number of benzene rings is 3. The highest BCUT2D eigenvalue weighted by atomic mass is 35.5. The van der Waals surface area contributed by atoms with Gasteiger partial charge in [0.15, 0.2) is 6.61 Å². The van der Waals surface area contributed by atoms with Crippen LogP contribution in [0.1, 0.15) is 11.4 Å². The second kappa shape index (κ2) is 8.55. The van der Waals surface area contributed by atoms with Crippen LogP contribution in [0.3, 0.4) is 0 Å². The van der Waals surface area contributed by atoms with Gasteiger partial charge in [-0.05, 0) is 55.0 Å². The first-order valence-electron chi connectivity index (χ1n) is 10.6. The van der Waals surface area contributed by atoms with Crippen molar-refractivity contribution in [2.24, 2.45) is 0 Å². The van der Waals surface area contributed by atoms with Crippen LogP contribution in [0.15, 0.2) is 66.7 Å². The zero-order chi connectivity index (χ0) is 22.1. The monoisotopic (exact) mass is 446 g/mol. The van der Waals surface area contributed by atoms with Crippen LogP contribution in [-0.2, 0) is 17.9 Å². The topological polar surface area (TPSA) is 59.4 Å². The van der Waals surface area contributed by atoms with Crippen molar-refractivity contribution in [2.45, 2.75) is 20.0 Å². The highest BCUT2D eigenvalue weighted by molar-refractivity contribution is 6.32. The molecule has 5 rings (SSSR count). The van der Waals surface area contributed by atoms with Crippen LogP contribution in [0.5, 0.6) is 5.75 Å². The number of aromatic nitrogens is 2. The highest BCUT2D eigenvalue weighted by Gasteiger charge is 2.20. The average molecular weight is 447 g/mol. The van der Waals surface area contributed by atoms with Gasteiger partial charge in [-0.15, -0.1) is 0 Å². The van der Waals surface area contributed by atoms with Crippen molar-refractivity contribution in [3.63, 3.8) is 0 Å². The van der Waals surface area contributed by atoms with Crippen LogP contribution in [0.2, 0.25) is 5.02 Å². The Balaban J connectivity index is 1.25. The lowest BCUT2D eigenvalue weighted by atomic mass is 10.1. The summed E-state index contributed by atoms with van der Waals surface area (Å²) in [5.74, 6) is 1.34. The van der Waals surface area contributed by atoms with Crippen molar-refractivity contribution in [1.82, 2.24) is 9.55 Å². The van der Waals surface area contributed by atoms with E-state index in [9.17, 15) is 4.79 Å². The van der Waals surface area contributed by atoms with E-state index >= 15 is 0 Å². The molecule has 32 heavy (non-hydrogen) atoms. The molecule has 0 bridgehead atoms. The lowest BCUT2D eigenvalue weighted by Gasteiger charge is -2.30. The van der Waals surface area contributed by atoms with Gasteiger partial charge in [0.1, 0.15) is 11.6 Å². The fourth-order valence-electron chi connectivity index (χ4n) is 4.06. The number of carbonyl (C=O) groups is 1. The molecule has 1 N–H and O–H groups in total. The molecule has 0 spiro atoms. The van der Waals surface area contributed by atoms with Crippen molar-refractivity contribution in [1.29, 1.82) is 0 Å². The number of anilines is 2. The molecule has 0 saturated heterocycles. The van der Waals surface area contributed by atoms with Gasteiger partial charge in [0.05, 0.1) is 22.6 Å². The van der Waals surface area contributed by atoms with Gasteiger partial charge in [0, 0.05) is 24.5 Å². The van der Waals surface area contributed by atoms with E-state index in [0.29, 0.717) is 10.8 Å². The number of hydrogen-bond donors (Lipinski definition) is 1. The molecular formula is C25H23ClN4O2. The number of rotatable bonds is 5. The molecule has 1 amide bonds. The summed E-state index contributed by atoms with van der Waals surface area (Å²) >= 11 is 6.07. The third-order valence-corrected chi connectivity index (χ3v) is 6.02. The summed E-state index contributed by atoms with van der Waals surface area (Å²) in [4.78, 5) is 19.5. The van der Waals surface area contributed by atoms with Gasteiger partial charge in [-0.1, -0.05) is 35.9 Å². The minimum Gasteiger partial charge on any atom is -0.482 e. The third kappa shape index (κ3) is 4.01. The van der Waals surface area contributed by atoms with Gasteiger partial charge in [-0.2, -0.15) is 0 Å². The van der Waals surface area contributed by atoms with E-state index in [-0.39, 0.29) is 12.5 Å². The summed E-state index contributed by atoms with van der Waals surface area (Å²) in [6.45, 7) is 4.45. The van der Waals surface area contributed by atoms with E-state index in [0.717, 1.165) is 47.9 Å². The Morgan fingerprint density at radius 1 is 1.09 bits per heavy atom. The molecule has 1 aliphatic heterocycles. The number of ether oxygens (including phenoxy) is 1. The van der Waals surface area contributed by atoms with Crippen LogP contribution < -0.4 is 15.0 Å². The molecule has 0 aliphatic carbocycles. The predicted octanol–water partition coefficient (Wildman–Crippen LogP) is 5.04. The molecule has 3 aromatic carbocycles. The standard InChI is InChI=1S/C25H23ClN4O2/c1-17-14-18(29-12-13-30-22-8-4-3-7-21(22)27-24(30)15-29)10-11-20(17)28-25(31)16-32-23-9-5-2-6-19(23)26/h2-11,14H,12-13,15-16H2,1H3,(H,28,31). The van der Waals surface area contributed by atoms with Gasteiger partial charge in [-0.3, -0.25) is 4.79 Å². The molecule has 0 atom stereocenters. The van der Waals surface area contributed by atoms with Crippen LogP contribution in [-0.4, -0.2) is 28.6 Å². The van der Waals surface area contributed by atoms with Gasteiger partial charge >= 0.3 is 0 Å². The van der Waals surface area contributed by atoms with Gasteiger partial charge in [0.25, 0.3) is 5.91 Å². The molecule has 1 aromatic heterocycles. The highest BCUT2D eigenvalue weighted by Crippen LogP contribution is 2.28. The normalized spacial score (nSPS) is 13.1. The van der Waals surface area contributed by atoms with Crippen molar-refractivity contribution in [3.8, 4) is 5.75 Å². The second-order valence-corrected chi connectivity index (χ2v) is 8.26. The molecule has 2 heterocycles. The summed E-state index contributed by atoms with van der Waals surface area (Å²) in [5, 5.41) is 3.40. The Hall–Kier alpha value is -3.51. The van der Waals surface area contributed by atoms with Crippen molar-refractivity contribution in [2.75, 3.05) is 23.4 Å². The zero-order valence-electron chi connectivity index (χ0n) is 17.7. The fraction of sp³-hybridized carbons (Fsp3) is 0.200. The van der Waals surface area contributed by atoms with E-state index in [1.165, 1.54) is 5.52 Å². The molecule has 0 fully saturated rings. The predicted molar refractivity (Wildman–Crippen MR) is 128 cm³/mol. The number of fused-ring (bicyclic) bond motifs is 3. The SMILES string of the molecule is Cc1cc(N2CCn3c(nc4ccccc43)C2)ccc1NC(=O)COc1ccccc1Cl. The van der Waals surface area contributed by atoms with Crippen LogP contribution in [0, 0.1) is 6.92 Å². The second-order valence-electron chi connectivity index (χ2n) is 7.86. The molecule has 6 nitrogen and oxygen atoms in total. The Kier molecular flexibility index (Phi) is 5.45. The van der Waals surface area contributed by atoms with E-state index in [1.807, 2.05) is 37.3 Å². The maximum atomic E-state index is 12.4. The van der Waals surface area contributed by atoms with E-state index in [4.69, 9.17) is 21.3 Å². The third-order valence-electron chi connectivity index (χ3n) is 5.70. The Morgan fingerprint density at radius 3 is 2.75 bits per heavy atom. The largest absolute Gasteiger partial charge is 0.482 e. The molecule has 4 aromatic rings. The lowest BCUT2D eigenvalue weighted by Crippen LogP contribution is -2.33. The Bertz CT molecular complexity index is 1300. The van der Waals surface area contributed by atoms with Crippen LogP contribution in [0.25, 0.3) is 11.0 Å². The number of imidazole rings is 1. The minimum absolute atomic E-state index is 0.104. The summed E-state index contributed by atoms with van der Waals surface area (Å²) in [6, 6.07) is 21.4. The molecular weight excluding hydrogens is 424 g/mol. The van der Waals surface area contributed by atoms with Gasteiger partial charge in [0.2, 0.25) is 0 Å². The lowest BCUT2D eigenvalue weighted by molar-refractivity contribution is -0.118. The molecule has 0 saturated carbocycles. The first-order chi connectivity index (χ1) is 15.6. The number of carbonyl (C=O) groups excluding carboxylic acids is 1. The first-order valence-corrected chi connectivity index (χ1v) is 10.9. The number of amides is 1. The van der Waals surface area contributed by atoms with Gasteiger partial charge < -0.3 is 19.5 Å². The smallest absolute Gasteiger partial charge is 0.262 e. The number of para-hydroxylation sites is 3. The average Bonchev–Trinajstić information content (AvgIpc) is 3.18. The van der Waals surface area contributed by atoms with E-state index < -0.39 is 0 Å². The Morgan fingerprint density at radius 2 is 1.91 bits per heavy atom. The first kappa shape index (κ1) is 20.4. The molecule has 0 unspecified atom stereocenters. The summed E-state index contributed by atoms with van der Waals surface area (Å²) in [6.07, 6.45) is 0. The summed E-state index contributed by atoms with van der Waals surface area (Å²) < 4.78 is 7.82. The summed E-state index contributed by atoms with van der Waals surface area (Å²) in [5.41, 5.74) is 5.11. The number of aryl methyl sites for hydroxylation is 1. The van der Waals surface area contributed by atoms with E-state index in [1.54, 1.807) is 12.1 Å². The molecule has 162 valence electrons. The fourth-order valence-corrected chi connectivity index (χ4v) is 4.25. The number of halogens is 1.